The molecule has 0 aliphatic heterocycles. The minimum Gasteiger partial charge on any atom is -0.366 e. The van der Waals surface area contributed by atoms with Crippen molar-refractivity contribution in [1.82, 2.24) is 10.6 Å². The average molecular weight is 337 g/mol. The number of nitrogens with one attached hydrogen (secondary N) is 2. The lowest BCUT2D eigenvalue weighted by atomic mass is 9.77. The zero-order chi connectivity index (χ0) is 17.6. The molecular formula is C20H23N3O2. The van der Waals surface area contributed by atoms with E-state index in [9.17, 15) is 9.59 Å². The number of nitrogens with two attached hydrogens (primary N) is 1. The minimum atomic E-state index is -0.472. The van der Waals surface area contributed by atoms with Gasteiger partial charge in [0.15, 0.2) is 0 Å². The fourth-order valence-electron chi connectivity index (χ4n) is 3.12. The fourth-order valence-corrected chi connectivity index (χ4v) is 3.12. The number of hydrogen-bond acceptors (Lipinski definition) is 2. The van der Waals surface area contributed by atoms with Gasteiger partial charge in [-0.25, -0.2) is 4.79 Å². The molecule has 1 aliphatic carbocycles. The maximum atomic E-state index is 12.3. The molecule has 4 N–H and O–H groups in total. The summed E-state index contributed by atoms with van der Waals surface area (Å²) in [4.78, 5) is 23.6. The molecular weight excluding hydrogens is 314 g/mol. The third-order valence-corrected chi connectivity index (χ3v) is 4.73. The van der Waals surface area contributed by atoms with Crippen LogP contribution in [0, 0.1) is 5.92 Å². The van der Waals surface area contributed by atoms with Crippen LogP contribution in [0.4, 0.5) is 4.79 Å². The number of hydrogen-bond donors (Lipinski definition) is 3. The van der Waals surface area contributed by atoms with Crippen molar-refractivity contribution in [3.8, 4) is 0 Å². The van der Waals surface area contributed by atoms with Crippen LogP contribution < -0.4 is 16.4 Å². The summed E-state index contributed by atoms with van der Waals surface area (Å²) >= 11 is 0. The highest BCUT2D eigenvalue weighted by Gasteiger charge is 2.29. The highest BCUT2D eigenvalue weighted by Crippen LogP contribution is 2.37. The normalized spacial score (nSPS) is 15.0. The van der Waals surface area contributed by atoms with E-state index in [-0.39, 0.29) is 12.1 Å². The molecule has 5 heteroatoms. The molecule has 0 saturated heterocycles. The van der Waals surface area contributed by atoms with Crippen LogP contribution in [0.15, 0.2) is 54.6 Å². The van der Waals surface area contributed by atoms with Gasteiger partial charge in [0.25, 0.3) is 0 Å². The third-order valence-electron chi connectivity index (χ3n) is 4.73. The van der Waals surface area contributed by atoms with Crippen molar-refractivity contribution in [3.63, 3.8) is 0 Å². The highest BCUT2D eigenvalue weighted by atomic mass is 16.2. The van der Waals surface area contributed by atoms with Crippen molar-refractivity contribution in [2.24, 2.45) is 11.7 Å². The monoisotopic (exact) mass is 337 g/mol. The van der Waals surface area contributed by atoms with Crippen LogP contribution in [-0.4, -0.2) is 11.9 Å². The Labute approximate surface area is 147 Å². The molecule has 5 nitrogen and oxygen atoms in total. The van der Waals surface area contributed by atoms with Gasteiger partial charge < -0.3 is 16.4 Å². The predicted octanol–water partition coefficient (Wildman–Crippen LogP) is 3.13. The molecule has 25 heavy (non-hydrogen) atoms. The Bertz CT molecular complexity index is 742. The Kier molecular flexibility index (Phi) is 5.33. The van der Waals surface area contributed by atoms with E-state index in [0.29, 0.717) is 18.0 Å². The van der Waals surface area contributed by atoms with Gasteiger partial charge in [-0.3, -0.25) is 4.79 Å². The van der Waals surface area contributed by atoms with E-state index >= 15 is 0 Å². The summed E-state index contributed by atoms with van der Waals surface area (Å²) in [7, 11) is 0. The lowest BCUT2D eigenvalue weighted by Crippen LogP contribution is -2.41. The Morgan fingerprint density at radius 2 is 1.84 bits per heavy atom. The van der Waals surface area contributed by atoms with Gasteiger partial charge in [0.05, 0.1) is 6.04 Å². The van der Waals surface area contributed by atoms with Crippen molar-refractivity contribution in [3.05, 3.63) is 71.3 Å². The van der Waals surface area contributed by atoms with Crippen LogP contribution >= 0.6 is 0 Å². The molecule has 3 rings (SSSR count). The van der Waals surface area contributed by atoms with Crippen LogP contribution in [-0.2, 0) is 6.54 Å². The van der Waals surface area contributed by atoms with E-state index in [4.69, 9.17) is 5.73 Å². The quantitative estimate of drug-likeness (QED) is 0.756. The van der Waals surface area contributed by atoms with E-state index in [1.807, 2.05) is 24.3 Å². The first-order valence-corrected chi connectivity index (χ1v) is 8.61. The number of primary amides is 1. The van der Waals surface area contributed by atoms with E-state index in [0.717, 1.165) is 24.0 Å². The Balaban J connectivity index is 1.60. The van der Waals surface area contributed by atoms with Crippen LogP contribution in [0.5, 0.6) is 0 Å². The number of benzene rings is 2. The summed E-state index contributed by atoms with van der Waals surface area (Å²) in [6.07, 6.45) is 3.50. The van der Waals surface area contributed by atoms with Crippen molar-refractivity contribution in [2.45, 2.75) is 31.8 Å². The van der Waals surface area contributed by atoms with Crippen molar-refractivity contribution >= 4 is 11.9 Å². The number of carbonyl (C=O) groups excluding carboxylic acids is 2. The third kappa shape index (κ3) is 4.38. The van der Waals surface area contributed by atoms with Crippen LogP contribution in [0.25, 0.3) is 0 Å². The zero-order valence-corrected chi connectivity index (χ0v) is 14.1. The van der Waals surface area contributed by atoms with Gasteiger partial charge in [0.1, 0.15) is 0 Å². The molecule has 0 bridgehead atoms. The second-order valence-electron chi connectivity index (χ2n) is 6.47. The van der Waals surface area contributed by atoms with Gasteiger partial charge in [0, 0.05) is 12.1 Å². The summed E-state index contributed by atoms with van der Waals surface area (Å²) in [6, 6.07) is 16.9. The summed E-state index contributed by atoms with van der Waals surface area (Å²) in [5, 5.41) is 5.97. The van der Waals surface area contributed by atoms with E-state index in [2.05, 4.69) is 22.8 Å². The first-order valence-electron chi connectivity index (χ1n) is 8.61. The Morgan fingerprint density at radius 3 is 2.48 bits per heavy atom. The molecule has 0 radical (unpaired) electrons. The van der Waals surface area contributed by atoms with Gasteiger partial charge >= 0.3 is 6.03 Å². The topological polar surface area (TPSA) is 84.2 Å². The van der Waals surface area contributed by atoms with E-state index < -0.39 is 5.91 Å². The maximum absolute atomic E-state index is 12.3. The smallest absolute Gasteiger partial charge is 0.315 e. The second kappa shape index (κ2) is 7.83. The first-order chi connectivity index (χ1) is 12.1. The number of urea groups is 1. The lowest BCUT2D eigenvalue weighted by Gasteiger charge is -2.34. The molecule has 2 aromatic carbocycles. The molecule has 0 spiro atoms. The SMILES string of the molecule is NC(=O)c1cccc(CNC(=O)N[C@H](c2ccccc2)C2CCC2)c1. The number of rotatable bonds is 6. The van der Waals surface area contributed by atoms with Crippen LogP contribution in [0.1, 0.15) is 46.8 Å². The van der Waals surface area contributed by atoms with Crippen molar-refractivity contribution in [2.75, 3.05) is 0 Å². The molecule has 130 valence electrons. The second-order valence-corrected chi connectivity index (χ2v) is 6.47. The number of carbonyl (C=O) groups is 2. The molecule has 2 aromatic rings. The average Bonchev–Trinajstić information content (AvgIpc) is 2.59. The molecule has 1 aliphatic rings. The maximum Gasteiger partial charge on any atom is 0.315 e. The highest BCUT2D eigenvalue weighted by molar-refractivity contribution is 5.92. The number of amides is 3. The summed E-state index contributed by atoms with van der Waals surface area (Å²) in [5.41, 5.74) is 7.70. The van der Waals surface area contributed by atoms with Crippen molar-refractivity contribution in [1.29, 1.82) is 0 Å². The lowest BCUT2D eigenvalue weighted by molar-refractivity contribution is 0.1000. The Hall–Kier alpha value is -2.82. The zero-order valence-electron chi connectivity index (χ0n) is 14.1. The summed E-state index contributed by atoms with van der Waals surface area (Å²) < 4.78 is 0. The van der Waals surface area contributed by atoms with Crippen LogP contribution in [0.2, 0.25) is 0 Å². The molecule has 3 amide bonds. The minimum absolute atomic E-state index is 0.0342. The predicted molar refractivity (Wildman–Crippen MR) is 96.9 cm³/mol. The molecule has 0 heterocycles. The van der Waals surface area contributed by atoms with E-state index in [1.165, 1.54) is 6.42 Å². The molecule has 0 unspecified atom stereocenters. The molecule has 1 atom stereocenters. The fraction of sp³-hybridized carbons (Fsp3) is 0.300. The Morgan fingerprint density at radius 1 is 1.08 bits per heavy atom. The summed E-state index contributed by atoms with van der Waals surface area (Å²) in [6.45, 7) is 0.346. The molecule has 1 fully saturated rings. The molecule has 0 aromatic heterocycles. The largest absolute Gasteiger partial charge is 0.366 e. The summed E-state index contributed by atoms with van der Waals surface area (Å²) in [5.74, 6) is 0.0202. The van der Waals surface area contributed by atoms with Gasteiger partial charge in [-0.15, -0.1) is 0 Å². The van der Waals surface area contributed by atoms with Gasteiger partial charge in [-0.2, -0.15) is 0 Å². The molecule has 1 saturated carbocycles. The van der Waals surface area contributed by atoms with Gasteiger partial charge in [0.2, 0.25) is 5.91 Å². The first kappa shape index (κ1) is 17.0. The van der Waals surface area contributed by atoms with Gasteiger partial charge in [-0.1, -0.05) is 48.9 Å². The van der Waals surface area contributed by atoms with Gasteiger partial charge in [-0.05, 0) is 42.0 Å². The standard InChI is InChI=1S/C20H23N3O2/c21-19(24)17-11-4-6-14(12-17)13-22-20(25)23-18(16-9-5-10-16)15-7-2-1-3-8-15/h1-4,6-8,11-12,16,18H,5,9-10,13H2,(H2,21,24)(H2,22,23,25)/t18-/m1/s1. The van der Waals surface area contributed by atoms with Crippen LogP contribution in [0.3, 0.4) is 0 Å². The van der Waals surface area contributed by atoms with Crippen molar-refractivity contribution < 1.29 is 9.59 Å². The van der Waals surface area contributed by atoms with E-state index in [1.54, 1.807) is 18.2 Å².